The average Bonchev–Trinajstić information content (AvgIpc) is 2.87. The van der Waals surface area contributed by atoms with Crippen LogP contribution in [0.25, 0.3) is 0 Å². The highest BCUT2D eigenvalue weighted by Gasteiger charge is 2.31. The number of ether oxygens (including phenoxy) is 1. The van der Waals surface area contributed by atoms with E-state index in [0.29, 0.717) is 0 Å². The molecule has 1 aliphatic rings. The highest BCUT2D eigenvalue weighted by Crippen LogP contribution is 2.23. The molecule has 1 saturated heterocycles. The van der Waals surface area contributed by atoms with Gasteiger partial charge in [0, 0.05) is 37.2 Å². The number of nitrogens with zero attached hydrogens (tertiary/aromatic N) is 2. The molecule has 4 nitrogen and oxygen atoms in total. The van der Waals surface area contributed by atoms with Gasteiger partial charge in [0.25, 0.3) is 0 Å². The molecule has 6 heteroatoms. The minimum absolute atomic E-state index is 0.143. The van der Waals surface area contributed by atoms with Gasteiger partial charge in [0.2, 0.25) is 0 Å². The Labute approximate surface area is 145 Å². The van der Waals surface area contributed by atoms with Gasteiger partial charge in [-0.1, -0.05) is 22.0 Å². The summed E-state index contributed by atoms with van der Waals surface area (Å²) >= 11 is 3.40. The highest BCUT2D eigenvalue weighted by molar-refractivity contribution is 9.10. The molecule has 0 spiro atoms. The molecule has 1 aromatic rings. The van der Waals surface area contributed by atoms with E-state index in [4.69, 9.17) is 4.74 Å². The number of benzene rings is 1. The molecule has 0 aromatic heterocycles. The summed E-state index contributed by atoms with van der Waals surface area (Å²) in [6.07, 6.45) is 0.626. The molecule has 1 heterocycles. The number of carbonyl (C=O) groups is 1. The predicted octanol–water partition coefficient (Wildman–Crippen LogP) is 4.03. The van der Waals surface area contributed by atoms with Crippen LogP contribution in [0.5, 0.6) is 0 Å². The van der Waals surface area contributed by atoms with Crippen molar-refractivity contribution in [2.24, 2.45) is 0 Å². The summed E-state index contributed by atoms with van der Waals surface area (Å²) in [5.74, 6) is -0.246. The summed E-state index contributed by atoms with van der Waals surface area (Å²) in [6, 6.07) is 4.89. The van der Waals surface area contributed by atoms with E-state index in [1.807, 2.05) is 20.8 Å². The maximum atomic E-state index is 13.2. The number of halogens is 2. The van der Waals surface area contributed by atoms with E-state index in [-0.39, 0.29) is 18.0 Å². The fourth-order valence-electron chi connectivity index (χ4n) is 2.65. The largest absolute Gasteiger partial charge is 0.444 e. The maximum Gasteiger partial charge on any atom is 0.410 e. The summed E-state index contributed by atoms with van der Waals surface area (Å²) < 4.78 is 19.3. The minimum atomic E-state index is -0.484. The van der Waals surface area contributed by atoms with Gasteiger partial charge in [-0.2, -0.15) is 0 Å². The summed E-state index contributed by atoms with van der Waals surface area (Å²) in [4.78, 5) is 16.1. The smallest absolute Gasteiger partial charge is 0.410 e. The third-order valence-electron chi connectivity index (χ3n) is 3.89. The Balaban J connectivity index is 1.91. The third-order valence-corrected chi connectivity index (χ3v) is 4.62. The average molecular weight is 387 g/mol. The van der Waals surface area contributed by atoms with Crippen LogP contribution >= 0.6 is 15.9 Å². The number of hydrogen-bond acceptors (Lipinski definition) is 3. The fraction of sp³-hybridized carbons (Fsp3) is 0.588. The van der Waals surface area contributed by atoms with Crippen LogP contribution < -0.4 is 0 Å². The van der Waals surface area contributed by atoms with Crippen LogP contribution in [0.2, 0.25) is 0 Å². The standard InChI is InChI=1S/C17H24BrFN2O2/c1-17(2,3)23-16(22)20(4)14-7-8-21(11-14)10-12-5-6-13(19)9-15(12)18/h5-6,9,14H,7-8,10-11H2,1-4H3/t14-/m0/s1. The first-order chi connectivity index (χ1) is 10.7. The first-order valence-electron chi connectivity index (χ1n) is 7.78. The van der Waals surface area contributed by atoms with Gasteiger partial charge in [-0.25, -0.2) is 9.18 Å². The molecule has 23 heavy (non-hydrogen) atoms. The zero-order chi connectivity index (χ0) is 17.2. The number of likely N-dealkylation sites (tertiary alicyclic amines) is 1. The van der Waals surface area contributed by atoms with Crippen molar-refractivity contribution in [3.05, 3.63) is 34.1 Å². The van der Waals surface area contributed by atoms with Crippen molar-refractivity contribution in [1.82, 2.24) is 9.80 Å². The van der Waals surface area contributed by atoms with E-state index in [1.54, 1.807) is 18.0 Å². The topological polar surface area (TPSA) is 32.8 Å². The summed E-state index contributed by atoms with van der Waals surface area (Å²) in [6.45, 7) is 8.03. The Morgan fingerprint density at radius 2 is 2.17 bits per heavy atom. The predicted molar refractivity (Wildman–Crippen MR) is 91.8 cm³/mol. The van der Waals surface area contributed by atoms with Gasteiger partial charge >= 0.3 is 6.09 Å². The lowest BCUT2D eigenvalue weighted by molar-refractivity contribution is 0.0228. The lowest BCUT2D eigenvalue weighted by atomic mass is 10.2. The van der Waals surface area contributed by atoms with Crippen LogP contribution in [-0.2, 0) is 11.3 Å². The summed E-state index contributed by atoms with van der Waals surface area (Å²) in [5, 5.41) is 0. The van der Waals surface area contributed by atoms with Crippen LogP contribution in [0.15, 0.2) is 22.7 Å². The van der Waals surface area contributed by atoms with Crippen molar-refractivity contribution in [1.29, 1.82) is 0 Å². The lowest BCUT2D eigenvalue weighted by Crippen LogP contribution is -2.42. The van der Waals surface area contributed by atoms with Gasteiger partial charge < -0.3 is 9.64 Å². The van der Waals surface area contributed by atoms with E-state index in [1.165, 1.54) is 12.1 Å². The van der Waals surface area contributed by atoms with Gasteiger partial charge in [0.05, 0.1) is 0 Å². The Kier molecular flexibility index (Phi) is 5.68. The first-order valence-corrected chi connectivity index (χ1v) is 8.57. The van der Waals surface area contributed by atoms with E-state index in [9.17, 15) is 9.18 Å². The number of carbonyl (C=O) groups excluding carboxylic acids is 1. The second-order valence-electron chi connectivity index (χ2n) is 7.00. The van der Waals surface area contributed by atoms with E-state index < -0.39 is 5.60 Å². The lowest BCUT2D eigenvalue weighted by Gasteiger charge is -2.28. The van der Waals surface area contributed by atoms with Crippen molar-refractivity contribution in [3.8, 4) is 0 Å². The van der Waals surface area contributed by atoms with Crippen molar-refractivity contribution >= 4 is 22.0 Å². The zero-order valence-corrected chi connectivity index (χ0v) is 15.7. The summed E-state index contributed by atoms with van der Waals surface area (Å²) in [7, 11) is 1.79. The monoisotopic (exact) mass is 386 g/mol. The van der Waals surface area contributed by atoms with Gasteiger partial charge in [-0.05, 0) is 44.9 Å². The van der Waals surface area contributed by atoms with Gasteiger partial charge in [-0.3, -0.25) is 4.90 Å². The SMILES string of the molecule is CN(C(=O)OC(C)(C)C)[C@H]1CCN(Cc2ccc(F)cc2Br)C1. The zero-order valence-electron chi connectivity index (χ0n) is 14.1. The Morgan fingerprint density at radius 1 is 1.48 bits per heavy atom. The molecule has 0 radical (unpaired) electrons. The number of amides is 1. The van der Waals surface area contributed by atoms with Crippen LogP contribution in [0.1, 0.15) is 32.8 Å². The van der Waals surface area contributed by atoms with Gasteiger partial charge in [-0.15, -0.1) is 0 Å². The molecule has 1 amide bonds. The molecular weight excluding hydrogens is 363 g/mol. The molecule has 1 fully saturated rings. The second-order valence-corrected chi connectivity index (χ2v) is 7.86. The van der Waals surface area contributed by atoms with E-state index in [0.717, 1.165) is 36.1 Å². The molecular formula is C17H24BrFN2O2. The maximum absolute atomic E-state index is 13.2. The van der Waals surface area contributed by atoms with E-state index >= 15 is 0 Å². The highest BCUT2D eigenvalue weighted by atomic mass is 79.9. The number of likely N-dealkylation sites (N-methyl/N-ethyl adjacent to an activating group) is 1. The second kappa shape index (κ2) is 7.18. The van der Waals surface area contributed by atoms with Gasteiger partial charge in [0.1, 0.15) is 11.4 Å². The van der Waals surface area contributed by atoms with Gasteiger partial charge in [0.15, 0.2) is 0 Å². The third kappa shape index (κ3) is 5.18. The number of hydrogen-bond donors (Lipinski definition) is 0. The van der Waals surface area contributed by atoms with E-state index in [2.05, 4.69) is 20.8 Å². The van der Waals surface area contributed by atoms with Crippen LogP contribution in [0, 0.1) is 5.82 Å². The molecule has 2 rings (SSSR count). The Morgan fingerprint density at radius 3 is 2.78 bits per heavy atom. The molecule has 1 aliphatic heterocycles. The van der Waals surface area contributed by atoms with Crippen LogP contribution in [0.4, 0.5) is 9.18 Å². The first kappa shape index (κ1) is 18.2. The quantitative estimate of drug-likeness (QED) is 0.785. The Bertz CT molecular complexity index is 574. The van der Waals surface area contributed by atoms with Crippen molar-refractivity contribution in [3.63, 3.8) is 0 Å². The number of rotatable bonds is 3. The summed E-state index contributed by atoms with van der Waals surface area (Å²) in [5.41, 5.74) is 0.565. The van der Waals surface area contributed by atoms with Crippen LogP contribution in [-0.4, -0.2) is 47.7 Å². The molecule has 1 aromatic carbocycles. The molecule has 0 saturated carbocycles. The van der Waals surface area contributed by atoms with Crippen molar-refractivity contribution in [2.45, 2.75) is 45.4 Å². The normalized spacial score (nSPS) is 19.0. The van der Waals surface area contributed by atoms with Crippen molar-refractivity contribution < 1.29 is 13.9 Å². The molecule has 1 atom stereocenters. The molecule has 0 bridgehead atoms. The molecule has 0 unspecified atom stereocenters. The van der Waals surface area contributed by atoms with Crippen molar-refractivity contribution in [2.75, 3.05) is 20.1 Å². The Hall–Kier alpha value is -1.14. The molecule has 0 N–H and O–H groups in total. The molecule has 128 valence electrons. The minimum Gasteiger partial charge on any atom is -0.444 e. The fourth-order valence-corrected chi connectivity index (χ4v) is 3.12. The molecule has 0 aliphatic carbocycles. The van der Waals surface area contributed by atoms with Crippen LogP contribution in [0.3, 0.4) is 0 Å².